The Morgan fingerprint density at radius 3 is 2.67 bits per heavy atom. The standard InChI is InChI=1S/C13H21NO/c1-3-14-12(2)9-10-15-11-13-7-5-4-6-8-13/h4-8,12,14H,3,9-11H2,1-2H3. The lowest BCUT2D eigenvalue weighted by Crippen LogP contribution is -2.26. The Hall–Kier alpha value is -0.860. The summed E-state index contributed by atoms with van der Waals surface area (Å²) in [6.07, 6.45) is 1.07. The average Bonchev–Trinajstić information content (AvgIpc) is 2.26. The molecule has 0 radical (unpaired) electrons. The minimum Gasteiger partial charge on any atom is -0.377 e. The second-order valence-electron chi connectivity index (χ2n) is 3.79. The van der Waals surface area contributed by atoms with E-state index in [9.17, 15) is 0 Å². The van der Waals surface area contributed by atoms with E-state index in [0.717, 1.165) is 26.2 Å². The second kappa shape index (κ2) is 7.43. The fourth-order valence-corrected chi connectivity index (χ4v) is 1.47. The molecule has 0 aliphatic rings. The van der Waals surface area contributed by atoms with Crippen LogP contribution in [0, 0.1) is 0 Å². The van der Waals surface area contributed by atoms with Gasteiger partial charge in [0.25, 0.3) is 0 Å². The lowest BCUT2D eigenvalue weighted by molar-refractivity contribution is 0.112. The van der Waals surface area contributed by atoms with E-state index in [1.54, 1.807) is 0 Å². The highest BCUT2D eigenvalue weighted by molar-refractivity contribution is 5.13. The van der Waals surface area contributed by atoms with Crippen LogP contribution in [-0.4, -0.2) is 19.2 Å². The van der Waals surface area contributed by atoms with Crippen molar-refractivity contribution in [2.75, 3.05) is 13.2 Å². The maximum Gasteiger partial charge on any atom is 0.0716 e. The Morgan fingerprint density at radius 2 is 2.00 bits per heavy atom. The van der Waals surface area contributed by atoms with Gasteiger partial charge in [-0.25, -0.2) is 0 Å². The van der Waals surface area contributed by atoms with Crippen molar-refractivity contribution in [1.82, 2.24) is 5.32 Å². The van der Waals surface area contributed by atoms with Crippen LogP contribution in [0.1, 0.15) is 25.8 Å². The largest absolute Gasteiger partial charge is 0.377 e. The van der Waals surface area contributed by atoms with Gasteiger partial charge in [0.15, 0.2) is 0 Å². The molecule has 0 fully saturated rings. The van der Waals surface area contributed by atoms with Gasteiger partial charge in [0, 0.05) is 12.6 Å². The lowest BCUT2D eigenvalue weighted by Gasteiger charge is -2.12. The topological polar surface area (TPSA) is 21.3 Å². The highest BCUT2D eigenvalue weighted by atomic mass is 16.5. The molecule has 1 aromatic rings. The van der Waals surface area contributed by atoms with Crippen molar-refractivity contribution >= 4 is 0 Å². The van der Waals surface area contributed by atoms with E-state index in [1.165, 1.54) is 5.56 Å². The molecule has 0 heterocycles. The zero-order chi connectivity index (χ0) is 10.9. The summed E-state index contributed by atoms with van der Waals surface area (Å²) in [6, 6.07) is 10.8. The Morgan fingerprint density at radius 1 is 1.27 bits per heavy atom. The number of nitrogens with one attached hydrogen (secondary N) is 1. The van der Waals surface area contributed by atoms with Crippen molar-refractivity contribution in [3.63, 3.8) is 0 Å². The maximum atomic E-state index is 5.60. The first-order valence-corrected chi connectivity index (χ1v) is 5.68. The number of hydrogen-bond acceptors (Lipinski definition) is 2. The second-order valence-corrected chi connectivity index (χ2v) is 3.79. The van der Waals surface area contributed by atoms with E-state index < -0.39 is 0 Å². The summed E-state index contributed by atoms with van der Waals surface area (Å²) in [7, 11) is 0. The van der Waals surface area contributed by atoms with Crippen molar-refractivity contribution in [3.8, 4) is 0 Å². The van der Waals surface area contributed by atoms with Gasteiger partial charge in [-0.1, -0.05) is 37.3 Å². The highest BCUT2D eigenvalue weighted by Gasteiger charge is 1.99. The molecule has 2 nitrogen and oxygen atoms in total. The summed E-state index contributed by atoms with van der Waals surface area (Å²) >= 11 is 0. The Labute approximate surface area is 92.6 Å². The fraction of sp³-hybridized carbons (Fsp3) is 0.538. The van der Waals surface area contributed by atoms with Crippen molar-refractivity contribution in [2.45, 2.75) is 32.9 Å². The van der Waals surface area contributed by atoms with E-state index in [4.69, 9.17) is 4.74 Å². The first-order chi connectivity index (χ1) is 7.33. The van der Waals surface area contributed by atoms with E-state index in [2.05, 4.69) is 31.3 Å². The summed E-state index contributed by atoms with van der Waals surface area (Å²) in [4.78, 5) is 0. The molecule has 0 aliphatic carbocycles. The monoisotopic (exact) mass is 207 g/mol. The van der Waals surface area contributed by atoms with E-state index in [-0.39, 0.29) is 0 Å². The van der Waals surface area contributed by atoms with Crippen molar-refractivity contribution in [1.29, 1.82) is 0 Å². The molecule has 1 unspecified atom stereocenters. The molecule has 0 saturated carbocycles. The smallest absolute Gasteiger partial charge is 0.0716 e. The normalized spacial score (nSPS) is 12.7. The van der Waals surface area contributed by atoms with Gasteiger partial charge in [-0.15, -0.1) is 0 Å². The molecule has 15 heavy (non-hydrogen) atoms. The van der Waals surface area contributed by atoms with Crippen LogP contribution in [0.3, 0.4) is 0 Å². The molecule has 0 spiro atoms. The summed E-state index contributed by atoms with van der Waals surface area (Å²) in [5, 5.41) is 3.36. The third-order valence-electron chi connectivity index (χ3n) is 2.36. The first kappa shape index (κ1) is 12.2. The molecule has 1 atom stereocenters. The summed E-state index contributed by atoms with van der Waals surface area (Å²) < 4.78 is 5.60. The van der Waals surface area contributed by atoms with E-state index in [1.807, 2.05) is 18.2 Å². The minimum absolute atomic E-state index is 0.547. The molecule has 2 heteroatoms. The van der Waals surface area contributed by atoms with Crippen LogP contribution in [0.5, 0.6) is 0 Å². The van der Waals surface area contributed by atoms with Crippen LogP contribution in [0.25, 0.3) is 0 Å². The molecule has 0 aromatic heterocycles. The Balaban J connectivity index is 2.07. The Kier molecular flexibility index (Phi) is 6.05. The quantitative estimate of drug-likeness (QED) is 0.694. The van der Waals surface area contributed by atoms with Crippen LogP contribution >= 0.6 is 0 Å². The van der Waals surface area contributed by atoms with Crippen molar-refractivity contribution in [2.24, 2.45) is 0 Å². The van der Waals surface area contributed by atoms with Gasteiger partial charge in [-0.05, 0) is 25.5 Å². The van der Waals surface area contributed by atoms with Crippen LogP contribution in [-0.2, 0) is 11.3 Å². The van der Waals surface area contributed by atoms with Gasteiger partial charge in [-0.3, -0.25) is 0 Å². The van der Waals surface area contributed by atoms with Gasteiger partial charge >= 0.3 is 0 Å². The lowest BCUT2D eigenvalue weighted by atomic mass is 10.2. The predicted molar refractivity (Wildman–Crippen MR) is 63.9 cm³/mol. The third kappa shape index (κ3) is 5.55. The number of hydrogen-bond donors (Lipinski definition) is 1. The molecular formula is C13H21NO. The van der Waals surface area contributed by atoms with Gasteiger partial charge < -0.3 is 10.1 Å². The van der Waals surface area contributed by atoms with Crippen molar-refractivity contribution in [3.05, 3.63) is 35.9 Å². The fourth-order valence-electron chi connectivity index (χ4n) is 1.47. The molecular weight excluding hydrogens is 186 g/mol. The third-order valence-corrected chi connectivity index (χ3v) is 2.36. The molecule has 1 N–H and O–H groups in total. The summed E-state index contributed by atoms with van der Waals surface area (Å²) in [5.41, 5.74) is 1.24. The SMILES string of the molecule is CCNC(C)CCOCc1ccccc1. The van der Waals surface area contributed by atoms with E-state index in [0.29, 0.717) is 6.04 Å². The molecule has 0 amide bonds. The average molecular weight is 207 g/mol. The van der Waals surface area contributed by atoms with Gasteiger partial charge in [-0.2, -0.15) is 0 Å². The van der Waals surface area contributed by atoms with Crippen LogP contribution in [0.2, 0.25) is 0 Å². The zero-order valence-corrected chi connectivity index (χ0v) is 9.70. The number of ether oxygens (including phenoxy) is 1. The molecule has 0 aliphatic heterocycles. The maximum absolute atomic E-state index is 5.60. The number of benzene rings is 1. The van der Waals surface area contributed by atoms with Gasteiger partial charge in [0.05, 0.1) is 6.61 Å². The zero-order valence-electron chi connectivity index (χ0n) is 9.70. The molecule has 0 bridgehead atoms. The van der Waals surface area contributed by atoms with Crippen LogP contribution < -0.4 is 5.32 Å². The molecule has 1 rings (SSSR count). The molecule has 1 aromatic carbocycles. The Bertz CT molecular complexity index is 248. The first-order valence-electron chi connectivity index (χ1n) is 5.68. The van der Waals surface area contributed by atoms with Crippen molar-refractivity contribution < 1.29 is 4.74 Å². The number of rotatable bonds is 7. The predicted octanol–water partition coefficient (Wildman–Crippen LogP) is 2.59. The summed E-state index contributed by atoms with van der Waals surface area (Å²) in [5.74, 6) is 0. The summed E-state index contributed by atoms with van der Waals surface area (Å²) in [6.45, 7) is 6.89. The highest BCUT2D eigenvalue weighted by Crippen LogP contribution is 2.01. The van der Waals surface area contributed by atoms with Crippen LogP contribution in [0.4, 0.5) is 0 Å². The van der Waals surface area contributed by atoms with Gasteiger partial charge in [0.2, 0.25) is 0 Å². The van der Waals surface area contributed by atoms with Gasteiger partial charge in [0.1, 0.15) is 0 Å². The molecule has 84 valence electrons. The van der Waals surface area contributed by atoms with E-state index >= 15 is 0 Å². The minimum atomic E-state index is 0.547. The molecule has 0 saturated heterocycles. The van der Waals surface area contributed by atoms with Crippen LogP contribution in [0.15, 0.2) is 30.3 Å².